The first kappa shape index (κ1) is 12.1. The Hall–Kier alpha value is -0.350. The summed E-state index contributed by atoms with van der Waals surface area (Å²) in [5.41, 5.74) is 0. The zero-order valence-electron chi connectivity index (χ0n) is 9.36. The van der Waals surface area contributed by atoms with Crippen molar-refractivity contribution < 1.29 is 4.79 Å². The summed E-state index contributed by atoms with van der Waals surface area (Å²) in [6.45, 7) is 3.98. The van der Waals surface area contributed by atoms with Gasteiger partial charge in [0.05, 0.1) is 6.42 Å². The van der Waals surface area contributed by atoms with Crippen LogP contribution in [0.15, 0.2) is 17.5 Å². The molecule has 0 spiro atoms. The molecule has 1 aromatic heterocycles. The molecule has 1 amide bonds. The van der Waals surface area contributed by atoms with Gasteiger partial charge in [-0.1, -0.05) is 28.9 Å². The van der Waals surface area contributed by atoms with Gasteiger partial charge in [-0.2, -0.15) is 0 Å². The molecule has 0 bridgehead atoms. The Labute approximate surface area is 109 Å². The summed E-state index contributed by atoms with van der Waals surface area (Å²) in [6.07, 6.45) is 1.63. The van der Waals surface area contributed by atoms with Crippen LogP contribution in [0.1, 0.15) is 18.2 Å². The Kier molecular flexibility index (Phi) is 4.03. The van der Waals surface area contributed by atoms with Crippen LogP contribution in [-0.4, -0.2) is 28.7 Å². The zero-order chi connectivity index (χ0) is 11.5. The van der Waals surface area contributed by atoms with Crippen molar-refractivity contribution in [2.75, 3.05) is 13.1 Å². The van der Waals surface area contributed by atoms with Gasteiger partial charge in [-0.3, -0.25) is 4.79 Å². The summed E-state index contributed by atoms with van der Waals surface area (Å²) in [5, 5.41) is 2.02. The summed E-state index contributed by atoms with van der Waals surface area (Å²) < 4.78 is 0. The molecule has 2 unspecified atom stereocenters. The summed E-state index contributed by atoms with van der Waals surface area (Å²) in [6, 6.07) is 4.03. The fourth-order valence-electron chi connectivity index (χ4n) is 2.02. The fourth-order valence-corrected chi connectivity index (χ4v) is 3.09. The van der Waals surface area contributed by atoms with Gasteiger partial charge in [0.2, 0.25) is 5.91 Å². The number of nitrogens with zero attached hydrogens (tertiary/aromatic N) is 1. The van der Waals surface area contributed by atoms with Crippen molar-refractivity contribution in [2.24, 2.45) is 5.92 Å². The lowest BCUT2D eigenvalue weighted by Gasteiger charge is -2.34. The second kappa shape index (κ2) is 5.32. The Morgan fingerprint density at radius 3 is 3.12 bits per heavy atom. The van der Waals surface area contributed by atoms with Gasteiger partial charge in [-0.25, -0.2) is 0 Å². The van der Waals surface area contributed by atoms with Crippen molar-refractivity contribution in [2.45, 2.75) is 24.6 Å². The summed E-state index contributed by atoms with van der Waals surface area (Å²) in [4.78, 5) is 15.8. The van der Waals surface area contributed by atoms with Gasteiger partial charge < -0.3 is 4.90 Å². The molecule has 2 nitrogen and oxygen atoms in total. The van der Waals surface area contributed by atoms with Crippen molar-refractivity contribution in [3.8, 4) is 0 Å². The molecule has 0 N–H and O–H groups in total. The van der Waals surface area contributed by atoms with Crippen LogP contribution in [0.2, 0.25) is 0 Å². The van der Waals surface area contributed by atoms with Crippen LogP contribution in [0, 0.1) is 5.92 Å². The minimum Gasteiger partial charge on any atom is -0.342 e. The van der Waals surface area contributed by atoms with E-state index in [2.05, 4.69) is 22.9 Å². The van der Waals surface area contributed by atoms with E-state index in [0.29, 0.717) is 17.2 Å². The molecule has 2 heterocycles. The number of piperidine rings is 1. The molecular formula is C12H16BrNOS. The number of hydrogen-bond donors (Lipinski definition) is 0. The topological polar surface area (TPSA) is 20.3 Å². The lowest BCUT2D eigenvalue weighted by atomic mass is 10.00. The summed E-state index contributed by atoms with van der Waals surface area (Å²) >= 11 is 5.31. The van der Waals surface area contributed by atoms with Gasteiger partial charge in [-0.15, -0.1) is 11.3 Å². The minimum atomic E-state index is 0.272. The quantitative estimate of drug-likeness (QED) is 0.769. The molecule has 1 fully saturated rings. The monoisotopic (exact) mass is 301 g/mol. The van der Waals surface area contributed by atoms with Gasteiger partial charge in [0.15, 0.2) is 0 Å². The Bertz CT molecular complexity index is 352. The number of carbonyl (C=O) groups excluding carboxylic acids is 1. The first-order valence-electron chi connectivity index (χ1n) is 5.61. The van der Waals surface area contributed by atoms with E-state index in [4.69, 9.17) is 0 Å². The van der Waals surface area contributed by atoms with Crippen LogP contribution in [0.25, 0.3) is 0 Å². The van der Waals surface area contributed by atoms with Gasteiger partial charge in [0.25, 0.3) is 0 Å². The minimum absolute atomic E-state index is 0.272. The van der Waals surface area contributed by atoms with Gasteiger partial charge in [0, 0.05) is 22.8 Å². The van der Waals surface area contributed by atoms with E-state index in [0.717, 1.165) is 19.5 Å². The molecular weight excluding hydrogens is 286 g/mol. The van der Waals surface area contributed by atoms with Gasteiger partial charge in [-0.05, 0) is 23.8 Å². The third-order valence-corrected chi connectivity index (χ3v) is 5.30. The van der Waals surface area contributed by atoms with E-state index in [1.807, 2.05) is 22.4 Å². The van der Waals surface area contributed by atoms with Crippen LogP contribution in [-0.2, 0) is 11.2 Å². The third kappa shape index (κ3) is 2.86. The number of rotatable bonds is 2. The highest BCUT2D eigenvalue weighted by Crippen LogP contribution is 2.24. The molecule has 88 valence electrons. The molecule has 4 heteroatoms. The molecule has 0 saturated carbocycles. The predicted octanol–water partition coefficient (Wildman–Crippen LogP) is 2.92. The van der Waals surface area contributed by atoms with Crippen molar-refractivity contribution in [3.05, 3.63) is 22.4 Å². The number of carbonyl (C=O) groups is 1. The Balaban J connectivity index is 1.90. The average molecular weight is 302 g/mol. The molecule has 2 rings (SSSR count). The smallest absolute Gasteiger partial charge is 0.227 e. The largest absolute Gasteiger partial charge is 0.342 e. The van der Waals surface area contributed by atoms with Gasteiger partial charge in [0.1, 0.15) is 0 Å². The van der Waals surface area contributed by atoms with E-state index < -0.39 is 0 Å². The highest BCUT2D eigenvalue weighted by Gasteiger charge is 2.26. The van der Waals surface area contributed by atoms with Crippen LogP contribution < -0.4 is 0 Å². The third-order valence-electron chi connectivity index (χ3n) is 3.06. The second-order valence-corrected chi connectivity index (χ2v) is 6.59. The van der Waals surface area contributed by atoms with E-state index in [1.54, 1.807) is 11.3 Å². The number of amides is 1. The van der Waals surface area contributed by atoms with E-state index in [-0.39, 0.29) is 5.91 Å². The molecule has 1 saturated heterocycles. The normalized spacial score (nSPS) is 25.8. The SMILES string of the molecule is CC1CN(C(=O)Cc2cccs2)CCC1Br. The van der Waals surface area contributed by atoms with E-state index >= 15 is 0 Å². The second-order valence-electron chi connectivity index (χ2n) is 4.38. The number of thiophene rings is 1. The maximum atomic E-state index is 12.0. The van der Waals surface area contributed by atoms with Crippen molar-refractivity contribution in [1.29, 1.82) is 0 Å². The van der Waals surface area contributed by atoms with Crippen molar-refractivity contribution >= 4 is 33.2 Å². The van der Waals surface area contributed by atoms with Crippen molar-refractivity contribution in [3.63, 3.8) is 0 Å². The lowest BCUT2D eigenvalue weighted by Crippen LogP contribution is -2.43. The standard InChI is InChI=1S/C12H16BrNOS/c1-9-8-14(5-4-11(9)13)12(15)7-10-3-2-6-16-10/h2-3,6,9,11H,4-5,7-8H2,1H3. The molecule has 16 heavy (non-hydrogen) atoms. The van der Waals surface area contributed by atoms with E-state index in [1.165, 1.54) is 4.88 Å². The van der Waals surface area contributed by atoms with Crippen LogP contribution in [0.4, 0.5) is 0 Å². The maximum Gasteiger partial charge on any atom is 0.227 e. The number of alkyl halides is 1. The molecule has 2 atom stereocenters. The number of likely N-dealkylation sites (tertiary alicyclic amines) is 1. The molecule has 0 aliphatic carbocycles. The molecule has 0 aromatic carbocycles. The van der Waals surface area contributed by atoms with E-state index in [9.17, 15) is 4.79 Å². The molecule has 1 aliphatic rings. The zero-order valence-corrected chi connectivity index (χ0v) is 11.8. The summed E-state index contributed by atoms with van der Waals surface area (Å²) in [7, 11) is 0. The Morgan fingerprint density at radius 1 is 1.69 bits per heavy atom. The molecule has 0 radical (unpaired) electrons. The highest BCUT2D eigenvalue weighted by atomic mass is 79.9. The molecule has 1 aliphatic heterocycles. The molecule has 1 aromatic rings. The first-order valence-corrected chi connectivity index (χ1v) is 7.40. The van der Waals surface area contributed by atoms with Crippen LogP contribution in [0.5, 0.6) is 0 Å². The van der Waals surface area contributed by atoms with Crippen LogP contribution in [0.3, 0.4) is 0 Å². The predicted molar refractivity (Wildman–Crippen MR) is 71.1 cm³/mol. The van der Waals surface area contributed by atoms with Gasteiger partial charge >= 0.3 is 0 Å². The average Bonchev–Trinajstić information content (AvgIpc) is 2.74. The maximum absolute atomic E-state index is 12.0. The number of hydrogen-bond acceptors (Lipinski definition) is 2. The van der Waals surface area contributed by atoms with Crippen LogP contribution >= 0.6 is 27.3 Å². The van der Waals surface area contributed by atoms with Crippen molar-refractivity contribution in [1.82, 2.24) is 4.90 Å². The first-order chi connectivity index (χ1) is 7.66. The Morgan fingerprint density at radius 2 is 2.50 bits per heavy atom. The fraction of sp³-hybridized carbons (Fsp3) is 0.583. The number of halogens is 1. The lowest BCUT2D eigenvalue weighted by molar-refractivity contribution is -0.131. The highest BCUT2D eigenvalue weighted by molar-refractivity contribution is 9.09. The summed E-state index contributed by atoms with van der Waals surface area (Å²) in [5.74, 6) is 0.828.